The van der Waals surface area contributed by atoms with Crippen molar-refractivity contribution in [1.29, 1.82) is 0 Å². The summed E-state index contributed by atoms with van der Waals surface area (Å²) in [6, 6.07) is 7.54. The maximum Gasteiger partial charge on any atom is 0.329 e. The number of rotatable bonds is 3. The number of methoxy groups -OCH3 is 1. The van der Waals surface area contributed by atoms with E-state index in [-0.39, 0.29) is 0 Å². The Morgan fingerprint density at radius 1 is 1.23 bits per heavy atom. The van der Waals surface area contributed by atoms with Crippen molar-refractivity contribution in [1.82, 2.24) is 19.1 Å². The third-order valence-corrected chi connectivity index (χ3v) is 4.43. The van der Waals surface area contributed by atoms with Crippen molar-refractivity contribution in [2.45, 2.75) is 13.0 Å². The number of benzene rings is 1. The monoisotopic (exact) mass is 354 g/mol. The van der Waals surface area contributed by atoms with Crippen LogP contribution < -0.4 is 21.0 Å². The summed E-state index contributed by atoms with van der Waals surface area (Å²) in [7, 11) is 3.21. The first-order valence-electron chi connectivity index (χ1n) is 8.23. The smallest absolute Gasteiger partial charge is 0.329 e. The molecule has 0 fully saturated rings. The molecule has 1 N–H and O–H groups in total. The summed E-state index contributed by atoms with van der Waals surface area (Å²) in [4.78, 5) is 30.9. The molecule has 0 bridgehead atoms. The lowest BCUT2D eigenvalue weighted by molar-refractivity contribution is 0.415. The zero-order valence-corrected chi connectivity index (χ0v) is 14.5. The quantitative estimate of drug-likeness (QED) is 0.698. The van der Waals surface area contributed by atoms with Gasteiger partial charge in [0.2, 0.25) is 5.95 Å². The second-order valence-corrected chi connectivity index (χ2v) is 6.05. The van der Waals surface area contributed by atoms with Crippen molar-refractivity contribution in [3.05, 3.63) is 50.7 Å². The summed E-state index contributed by atoms with van der Waals surface area (Å²) in [6.45, 7) is 1.34. The van der Waals surface area contributed by atoms with E-state index in [0.29, 0.717) is 30.2 Å². The second kappa shape index (κ2) is 6.17. The van der Waals surface area contributed by atoms with Gasteiger partial charge in [-0.05, 0) is 36.2 Å². The maximum atomic E-state index is 12.2. The Hall–Kier alpha value is -3.36. The van der Waals surface area contributed by atoms with Crippen molar-refractivity contribution < 1.29 is 4.74 Å². The van der Waals surface area contributed by atoms with Gasteiger partial charge in [0, 0.05) is 20.1 Å². The van der Waals surface area contributed by atoms with Gasteiger partial charge in [-0.25, -0.2) is 9.80 Å². The molecule has 9 nitrogen and oxygen atoms in total. The Labute approximate surface area is 148 Å². The van der Waals surface area contributed by atoms with E-state index in [2.05, 4.69) is 15.1 Å². The summed E-state index contributed by atoms with van der Waals surface area (Å²) in [5, 5.41) is 6.26. The SMILES string of the molecule is COc1ccc(/C=N\N2CCCn3c2nc2c3c(=O)[nH]c(=O)n2C)cc1. The largest absolute Gasteiger partial charge is 0.497 e. The highest BCUT2D eigenvalue weighted by molar-refractivity contribution is 5.81. The van der Waals surface area contributed by atoms with Crippen LogP contribution in [-0.2, 0) is 13.6 Å². The van der Waals surface area contributed by atoms with Gasteiger partial charge >= 0.3 is 5.69 Å². The van der Waals surface area contributed by atoms with Crippen molar-refractivity contribution >= 4 is 23.3 Å². The van der Waals surface area contributed by atoms with Crippen molar-refractivity contribution in [2.24, 2.45) is 12.1 Å². The number of anilines is 1. The minimum Gasteiger partial charge on any atom is -0.497 e. The number of nitrogens with zero attached hydrogens (tertiary/aromatic N) is 5. The molecule has 0 saturated heterocycles. The molecule has 4 rings (SSSR count). The van der Waals surface area contributed by atoms with Crippen LogP contribution in [0.1, 0.15) is 12.0 Å². The van der Waals surface area contributed by atoms with Gasteiger partial charge < -0.3 is 9.30 Å². The van der Waals surface area contributed by atoms with Crippen LogP contribution in [0.25, 0.3) is 11.2 Å². The molecular formula is C17H18N6O3. The molecule has 3 aromatic rings. The first-order valence-corrected chi connectivity index (χ1v) is 8.23. The average Bonchev–Trinajstić information content (AvgIpc) is 3.06. The Balaban J connectivity index is 1.75. The van der Waals surface area contributed by atoms with Crippen LogP contribution in [0.15, 0.2) is 39.0 Å². The van der Waals surface area contributed by atoms with Gasteiger partial charge in [-0.15, -0.1) is 0 Å². The highest BCUT2D eigenvalue weighted by atomic mass is 16.5. The lowest BCUT2D eigenvalue weighted by Gasteiger charge is -2.24. The van der Waals surface area contributed by atoms with Crippen LogP contribution in [0.4, 0.5) is 5.95 Å². The lowest BCUT2D eigenvalue weighted by atomic mass is 10.2. The second-order valence-electron chi connectivity index (χ2n) is 6.05. The summed E-state index contributed by atoms with van der Waals surface area (Å²) < 4.78 is 8.30. The number of H-pyrrole nitrogens is 1. The summed E-state index contributed by atoms with van der Waals surface area (Å²) in [5.41, 5.74) is 0.769. The van der Waals surface area contributed by atoms with Crippen molar-refractivity contribution in [3.8, 4) is 5.75 Å². The van der Waals surface area contributed by atoms with E-state index in [9.17, 15) is 9.59 Å². The number of nitrogens with one attached hydrogen (secondary N) is 1. The molecule has 9 heteroatoms. The molecule has 0 unspecified atom stereocenters. The van der Waals surface area contributed by atoms with E-state index in [1.807, 2.05) is 28.8 Å². The topological polar surface area (TPSA) is 97.5 Å². The Morgan fingerprint density at radius 2 is 2.00 bits per heavy atom. The molecule has 0 spiro atoms. The lowest BCUT2D eigenvalue weighted by Crippen LogP contribution is -2.31. The zero-order valence-electron chi connectivity index (χ0n) is 14.5. The standard InChI is InChI=1S/C17H18N6O3/c1-21-14-13(15(24)20-17(21)25)22-8-3-9-23(16(22)19-14)18-10-11-4-6-12(26-2)7-5-11/h4-7,10H,3,8-9H2,1-2H3,(H,20,24,25)/b18-10-. The number of hydrogen-bond acceptors (Lipinski definition) is 6. The van der Waals surface area contributed by atoms with Crippen molar-refractivity contribution in [3.63, 3.8) is 0 Å². The molecule has 1 aliphatic heterocycles. The Bertz CT molecular complexity index is 1110. The van der Waals surface area contributed by atoms with Crippen LogP contribution in [0.5, 0.6) is 5.75 Å². The van der Waals surface area contributed by atoms with Crippen molar-refractivity contribution in [2.75, 3.05) is 18.7 Å². The first kappa shape index (κ1) is 16.1. The highest BCUT2D eigenvalue weighted by Gasteiger charge is 2.24. The number of aromatic nitrogens is 4. The third-order valence-electron chi connectivity index (χ3n) is 4.43. The van der Waals surface area contributed by atoms with Gasteiger partial charge in [-0.1, -0.05) is 0 Å². The van der Waals surface area contributed by atoms with Crippen LogP contribution in [0.2, 0.25) is 0 Å². The van der Waals surface area contributed by atoms with Crippen LogP contribution in [-0.4, -0.2) is 39.0 Å². The summed E-state index contributed by atoms with van der Waals surface area (Å²) >= 11 is 0. The average molecular weight is 354 g/mol. The first-order chi connectivity index (χ1) is 12.6. The molecular weight excluding hydrogens is 336 g/mol. The fraction of sp³-hybridized carbons (Fsp3) is 0.294. The van der Waals surface area contributed by atoms with Crippen LogP contribution >= 0.6 is 0 Å². The van der Waals surface area contributed by atoms with Gasteiger partial charge in [0.15, 0.2) is 11.2 Å². The van der Waals surface area contributed by atoms with Gasteiger partial charge in [0.25, 0.3) is 5.56 Å². The zero-order chi connectivity index (χ0) is 18.3. The molecule has 1 aliphatic rings. The number of ether oxygens (including phenoxy) is 1. The van der Waals surface area contributed by atoms with Crippen LogP contribution in [0.3, 0.4) is 0 Å². The number of aryl methyl sites for hydroxylation is 2. The number of fused-ring (bicyclic) bond motifs is 3. The highest BCUT2D eigenvalue weighted by Crippen LogP contribution is 2.24. The fourth-order valence-electron chi connectivity index (χ4n) is 3.05. The molecule has 0 saturated carbocycles. The number of aromatic amines is 1. The fourth-order valence-corrected chi connectivity index (χ4v) is 3.05. The molecule has 0 radical (unpaired) electrons. The van der Waals surface area contributed by atoms with E-state index < -0.39 is 11.2 Å². The van der Waals surface area contributed by atoms with Gasteiger partial charge in [-0.3, -0.25) is 14.3 Å². The normalized spacial score (nSPS) is 14.2. The molecule has 0 atom stereocenters. The molecule has 0 aliphatic carbocycles. The van der Waals surface area contributed by atoms with Gasteiger partial charge in [-0.2, -0.15) is 10.1 Å². The molecule has 3 heterocycles. The van der Waals surface area contributed by atoms with Gasteiger partial charge in [0.1, 0.15) is 5.75 Å². The molecule has 26 heavy (non-hydrogen) atoms. The minimum atomic E-state index is -0.480. The maximum absolute atomic E-state index is 12.2. The van der Waals surface area contributed by atoms with Crippen LogP contribution in [0, 0.1) is 0 Å². The van der Waals surface area contributed by atoms with E-state index in [1.54, 1.807) is 25.4 Å². The van der Waals surface area contributed by atoms with Gasteiger partial charge in [0.05, 0.1) is 13.3 Å². The van der Waals surface area contributed by atoms with E-state index >= 15 is 0 Å². The van der Waals surface area contributed by atoms with E-state index in [1.165, 1.54) is 4.57 Å². The minimum absolute atomic E-state index is 0.361. The number of imidazole rings is 1. The Morgan fingerprint density at radius 3 is 2.73 bits per heavy atom. The molecule has 1 aromatic carbocycles. The summed E-state index contributed by atoms with van der Waals surface area (Å²) in [5.74, 6) is 1.34. The predicted octanol–water partition coefficient (Wildman–Crippen LogP) is 0.676. The number of hydrogen-bond donors (Lipinski definition) is 1. The molecule has 2 aromatic heterocycles. The van der Waals surface area contributed by atoms with E-state index in [0.717, 1.165) is 17.7 Å². The number of hydrazone groups is 1. The molecule has 0 amide bonds. The van der Waals surface area contributed by atoms with E-state index in [4.69, 9.17) is 4.74 Å². The Kier molecular flexibility index (Phi) is 3.83. The predicted molar refractivity (Wildman–Crippen MR) is 98.1 cm³/mol. The summed E-state index contributed by atoms with van der Waals surface area (Å²) in [6.07, 6.45) is 2.55. The third kappa shape index (κ3) is 2.57. The molecule has 134 valence electrons.